The third-order valence-electron chi connectivity index (χ3n) is 3.70. The minimum atomic E-state index is -3.40. The zero-order valence-electron chi connectivity index (χ0n) is 12.1. The maximum absolute atomic E-state index is 12.6. The Bertz CT molecular complexity index is 931. The summed E-state index contributed by atoms with van der Waals surface area (Å²) in [5, 5.41) is 2.68. The van der Waals surface area contributed by atoms with E-state index in [0.717, 1.165) is 16.3 Å². The Kier molecular flexibility index (Phi) is 4.76. The van der Waals surface area contributed by atoms with Crippen molar-refractivity contribution in [2.75, 3.05) is 5.75 Å². The lowest BCUT2D eigenvalue weighted by atomic mass is 10.0. The van der Waals surface area contributed by atoms with Gasteiger partial charge in [0, 0.05) is 5.02 Å². The first-order valence-electron chi connectivity index (χ1n) is 7.07. The standard InChI is InChI=1S/C18H14BrClO2S/c19-18(12-23(21,22)15-10-8-14(20)9-11-15)17-7-3-5-13-4-1-2-6-16(13)17/h1-11,18H,12H2. The van der Waals surface area contributed by atoms with Gasteiger partial charge < -0.3 is 0 Å². The molecule has 3 aromatic carbocycles. The Morgan fingerprint density at radius 2 is 1.57 bits per heavy atom. The van der Waals surface area contributed by atoms with Crippen LogP contribution in [0.15, 0.2) is 71.6 Å². The van der Waals surface area contributed by atoms with Gasteiger partial charge in [0.1, 0.15) is 0 Å². The average Bonchev–Trinajstić information content (AvgIpc) is 2.54. The molecule has 0 amide bonds. The Labute approximate surface area is 149 Å². The van der Waals surface area contributed by atoms with Crippen molar-refractivity contribution in [2.24, 2.45) is 0 Å². The first kappa shape index (κ1) is 16.5. The first-order chi connectivity index (χ1) is 11.0. The molecule has 2 nitrogen and oxygen atoms in total. The number of hydrogen-bond donors (Lipinski definition) is 0. The van der Waals surface area contributed by atoms with E-state index in [2.05, 4.69) is 15.9 Å². The molecule has 0 saturated carbocycles. The van der Waals surface area contributed by atoms with Crippen LogP contribution in [0.25, 0.3) is 10.8 Å². The summed E-state index contributed by atoms with van der Waals surface area (Å²) >= 11 is 9.37. The number of fused-ring (bicyclic) bond motifs is 1. The first-order valence-corrected chi connectivity index (χ1v) is 10.0. The van der Waals surface area contributed by atoms with Crippen LogP contribution in [0.2, 0.25) is 5.02 Å². The fourth-order valence-corrected chi connectivity index (χ4v) is 5.42. The molecule has 3 aromatic rings. The van der Waals surface area contributed by atoms with Crippen LogP contribution in [0, 0.1) is 0 Å². The van der Waals surface area contributed by atoms with Crippen LogP contribution in [0.3, 0.4) is 0 Å². The molecular weight excluding hydrogens is 396 g/mol. The highest BCUT2D eigenvalue weighted by Crippen LogP contribution is 2.32. The molecule has 0 aromatic heterocycles. The van der Waals surface area contributed by atoms with E-state index in [1.807, 2.05) is 42.5 Å². The van der Waals surface area contributed by atoms with E-state index < -0.39 is 9.84 Å². The summed E-state index contributed by atoms with van der Waals surface area (Å²) in [7, 11) is -3.40. The Morgan fingerprint density at radius 1 is 0.913 bits per heavy atom. The van der Waals surface area contributed by atoms with Crippen LogP contribution in [0.4, 0.5) is 0 Å². The van der Waals surface area contributed by atoms with E-state index >= 15 is 0 Å². The number of halogens is 2. The third-order valence-corrected chi connectivity index (χ3v) is 6.96. The molecule has 0 spiro atoms. The van der Waals surface area contributed by atoms with E-state index in [1.54, 1.807) is 24.3 Å². The number of hydrogen-bond acceptors (Lipinski definition) is 2. The average molecular weight is 410 g/mol. The highest BCUT2D eigenvalue weighted by Gasteiger charge is 2.22. The van der Waals surface area contributed by atoms with Gasteiger partial charge in [-0.1, -0.05) is 70.0 Å². The second kappa shape index (κ2) is 6.63. The minimum absolute atomic E-state index is 0.0113. The molecule has 0 bridgehead atoms. The Hall–Kier alpha value is -1.36. The van der Waals surface area contributed by atoms with Crippen LogP contribution in [-0.4, -0.2) is 14.2 Å². The van der Waals surface area contributed by atoms with Crippen molar-refractivity contribution in [2.45, 2.75) is 9.72 Å². The van der Waals surface area contributed by atoms with Crippen molar-refractivity contribution in [1.29, 1.82) is 0 Å². The summed E-state index contributed by atoms with van der Waals surface area (Å²) in [4.78, 5) is 0.000801. The topological polar surface area (TPSA) is 34.1 Å². The molecular formula is C18H14BrClO2S. The summed E-state index contributed by atoms with van der Waals surface area (Å²) in [5.74, 6) is -0.0113. The van der Waals surface area contributed by atoms with Crippen LogP contribution < -0.4 is 0 Å². The zero-order valence-corrected chi connectivity index (χ0v) is 15.3. The lowest BCUT2D eigenvalue weighted by Crippen LogP contribution is -2.11. The lowest BCUT2D eigenvalue weighted by Gasteiger charge is -2.14. The SMILES string of the molecule is O=S(=O)(CC(Br)c1cccc2ccccc12)c1ccc(Cl)cc1. The van der Waals surface area contributed by atoms with Crippen LogP contribution in [0.5, 0.6) is 0 Å². The molecule has 0 aliphatic rings. The molecule has 0 heterocycles. The molecule has 0 N–H and O–H groups in total. The van der Waals surface area contributed by atoms with E-state index in [4.69, 9.17) is 11.6 Å². The number of sulfone groups is 1. The molecule has 0 fully saturated rings. The number of rotatable bonds is 4. The van der Waals surface area contributed by atoms with Crippen molar-refractivity contribution in [3.8, 4) is 0 Å². The lowest BCUT2D eigenvalue weighted by molar-refractivity contribution is 0.595. The van der Waals surface area contributed by atoms with Gasteiger partial charge in [-0.15, -0.1) is 0 Å². The maximum atomic E-state index is 12.6. The van der Waals surface area contributed by atoms with Gasteiger partial charge in [0.15, 0.2) is 9.84 Å². The number of benzene rings is 3. The molecule has 23 heavy (non-hydrogen) atoms. The predicted octanol–water partition coefficient (Wildman–Crippen LogP) is 5.40. The maximum Gasteiger partial charge on any atom is 0.179 e. The highest BCUT2D eigenvalue weighted by atomic mass is 79.9. The quantitative estimate of drug-likeness (QED) is 0.540. The highest BCUT2D eigenvalue weighted by molar-refractivity contribution is 9.09. The summed E-state index contributed by atoms with van der Waals surface area (Å²) in [5.41, 5.74) is 0.973. The molecule has 0 saturated heterocycles. The van der Waals surface area contributed by atoms with Crippen molar-refractivity contribution >= 4 is 48.1 Å². The minimum Gasteiger partial charge on any atom is -0.224 e. The normalized spacial score (nSPS) is 13.1. The van der Waals surface area contributed by atoms with Gasteiger partial charge in [0.2, 0.25) is 0 Å². The molecule has 118 valence electrons. The van der Waals surface area contributed by atoms with Gasteiger partial charge in [0.25, 0.3) is 0 Å². The number of alkyl halides is 1. The van der Waals surface area contributed by atoms with Gasteiger partial charge in [-0.25, -0.2) is 8.42 Å². The van der Waals surface area contributed by atoms with Gasteiger partial charge in [-0.05, 0) is 40.6 Å². The third kappa shape index (κ3) is 3.60. The monoisotopic (exact) mass is 408 g/mol. The van der Waals surface area contributed by atoms with Gasteiger partial charge >= 0.3 is 0 Å². The fourth-order valence-electron chi connectivity index (χ4n) is 2.54. The summed E-state index contributed by atoms with van der Waals surface area (Å²) in [6.45, 7) is 0. The van der Waals surface area contributed by atoms with Crippen molar-refractivity contribution in [1.82, 2.24) is 0 Å². The summed E-state index contributed by atoms with van der Waals surface area (Å²) < 4.78 is 25.2. The molecule has 0 aliphatic carbocycles. The molecule has 1 atom stereocenters. The van der Waals surface area contributed by atoms with Crippen molar-refractivity contribution < 1.29 is 8.42 Å². The Morgan fingerprint density at radius 3 is 2.30 bits per heavy atom. The van der Waals surface area contributed by atoms with E-state index in [0.29, 0.717) is 5.02 Å². The molecule has 5 heteroatoms. The van der Waals surface area contributed by atoms with E-state index in [1.165, 1.54) is 0 Å². The Balaban J connectivity index is 1.94. The van der Waals surface area contributed by atoms with E-state index in [-0.39, 0.29) is 15.5 Å². The molecule has 0 aliphatic heterocycles. The van der Waals surface area contributed by atoms with Crippen molar-refractivity contribution in [3.63, 3.8) is 0 Å². The fraction of sp³-hybridized carbons (Fsp3) is 0.111. The smallest absolute Gasteiger partial charge is 0.179 e. The molecule has 1 unspecified atom stereocenters. The van der Waals surface area contributed by atoms with Gasteiger partial charge in [0.05, 0.1) is 15.5 Å². The largest absolute Gasteiger partial charge is 0.224 e. The van der Waals surface area contributed by atoms with Gasteiger partial charge in [-0.3, -0.25) is 0 Å². The van der Waals surface area contributed by atoms with Crippen molar-refractivity contribution in [3.05, 3.63) is 77.3 Å². The predicted molar refractivity (Wildman–Crippen MR) is 99.1 cm³/mol. The van der Waals surface area contributed by atoms with Crippen LogP contribution in [0.1, 0.15) is 10.4 Å². The van der Waals surface area contributed by atoms with Gasteiger partial charge in [-0.2, -0.15) is 0 Å². The zero-order chi connectivity index (χ0) is 16.4. The second-order valence-corrected chi connectivity index (χ2v) is 8.85. The van der Waals surface area contributed by atoms with Crippen LogP contribution >= 0.6 is 27.5 Å². The summed E-state index contributed by atoms with van der Waals surface area (Å²) in [6.07, 6.45) is 0. The summed E-state index contributed by atoms with van der Waals surface area (Å²) in [6, 6.07) is 20.2. The van der Waals surface area contributed by atoms with Crippen LogP contribution in [-0.2, 0) is 9.84 Å². The van der Waals surface area contributed by atoms with E-state index in [9.17, 15) is 8.42 Å². The molecule has 0 radical (unpaired) electrons. The second-order valence-electron chi connectivity index (χ2n) is 5.27. The molecule has 3 rings (SSSR count).